The van der Waals surface area contributed by atoms with Crippen molar-refractivity contribution in [3.8, 4) is 0 Å². The van der Waals surface area contributed by atoms with Crippen LogP contribution in [0.5, 0.6) is 0 Å². The van der Waals surface area contributed by atoms with Gasteiger partial charge in [-0.25, -0.2) is 13.2 Å². The Morgan fingerprint density at radius 3 is 2.34 bits per heavy atom. The van der Waals surface area contributed by atoms with Gasteiger partial charge in [0.15, 0.2) is 6.17 Å². The number of hydrogen-bond donors (Lipinski definition) is 3. The van der Waals surface area contributed by atoms with E-state index in [0.29, 0.717) is 12.1 Å². The molecule has 1 aliphatic heterocycles. The number of halogens is 3. The molecular weight excluding hydrogens is 415 g/mol. The first-order valence-corrected chi connectivity index (χ1v) is 9.49. The maximum absolute atomic E-state index is 12.9. The first-order chi connectivity index (χ1) is 13.5. The lowest BCUT2D eigenvalue weighted by Gasteiger charge is -2.27. The van der Waals surface area contributed by atoms with Crippen LogP contribution in [0.15, 0.2) is 47.4 Å². The first-order valence-electron chi connectivity index (χ1n) is 8.00. The average molecular weight is 429 g/mol. The number of rotatable bonds is 3. The molecule has 1 unspecified atom stereocenters. The second kappa shape index (κ2) is 7.37. The number of methoxy groups -OCH3 is 1. The van der Waals surface area contributed by atoms with Crippen LogP contribution in [0.25, 0.3) is 0 Å². The molecular formula is C17H14F3N3O5S. The summed E-state index contributed by atoms with van der Waals surface area (Å²) in [6, 6.07) is 7.61. The van der Waals surface area contributed by atoms with Crippen molar-refractivity contribution in [2.45, 2.75) is 17.2 Å². The predicted octanol–water partition coefficient (Wildman–Crippen LogP) is 2.16. The predicted molar refractivity (Wildman–Crippen MR) is 95.6 cm³/mol. The van der Waals surface area contributed by atoms with Crippen LogP contribution in [0.2, 0.25) is 0 Å². The van der Waals surface area contributed by atoms with Gasteiger partial charge < -0.3 is 15.4 Å². The van der Waals surface area contributed by atoms with Gasteiger partial charge in [-0.2, -0.15) is 17.9 Å². The molecule has 1 aliphatic rings. The highest BCUT2D eigenvalue weighted by molar-refractivity contribution is 7.89. The van der Waals surface area contributed by atoms with Crippen LogP contribution in [0, 0.1) is 0 Å². The Bertz CT molecular complexity index is 1070. The molecule has 3 rings (SSSR count). The van der Waals surface area contributed by atoms with Gasteiger partial charge in [-0.05, 0) is 42.5 Å². The first kappa shape index (κ1) is 20.6. The molecule has 1 amide bonds. The van der Waals surface area contributed by atoms with Crippen molar-refractivity contribution in [3.63, 3.8) is 0 Å². The highest BCUT2D eigenvalue weighted by Gasteiger charge is 2.37. The number of fused-ring (bicyclic) bond motifs is 1. The lowest BCUT2D eigenvalue weighted by atomic mass is 10.2. The number of amides is 1. The number of esters is 1. The minimum atomic E-state index is -4.68. The van der Waals surface area contributed by atoms with Gasteiger partial charge in [0, 0.05) is 5.69 Å². The maximum Gasteiger partial charge on any atom is 0.416 e. The van der Waals surface area contributed by atoms with Crippen LogP contribution in [-0.4, -0.2) is 33.6 Å². The van der Waals surface area contributed by atoms with Crippen molar-refractivity contribution < 1.29 is 35.9 Å². The number of nitrogens with one attached hydrogen (secondary N) is 3. The van der Waals surface area contributed by atoms with Crippen molar-refractivity contribution in [2.24, 2.45) is 0 Å². The summed E-state index contributed by atoms with van der Waals surface area (Å²) < 4.78 is 69.9. The fraction of sp³-hybridized carbons (Fsp3) is 0.176. The Morgan fingerprint density at radius 2 is 1.76 bits per heavy atom. The molecule has 8 nitrogen and oxygen atoms in total. The Hall–Kier alpha value is -3.12. The third-order valence-electron chi connectivity index (χ3n) is 4.00. The van der Waals surface area contributed by atoms with Crippen LogP contribution < -0.4 is 15.4 Å². The fourth-order valence-corrected chi connectivity index (χ4v) is 3.86. The van der Waals surface area contributed by atoms with Crippen molar-refractivity contribution in [1.29, 1.82) is 0 Å². The molecule has 29 heavy (non-hydrogen) atoms. The quantitative estimate of drug-likeness (QED) is 0.645. The molecule has 0 bridgehead atoms. The number of anilines is 2. The monoisotopic (exact) mass is 429 g/mol. The summed E-state index contributed by atoms with van der Waals surface area (Å²) in [7, 11) is -3.00. The van der Waals surface area contributed by atoms with E-state index in [1.54, 1.807) is 0 Å². The van der Waals surface area contributed by atoms with Gasteiger partial charge in [-0.1, -0.05) is 0 Å². The molecule has 0 spiro atoms. The lowest BCUT2D eigenvalue weighted by Crippen LogP contribution is -2.51. The van der Waals surface area contributed by atoms with Gasteiger partial charge in [0.2, 0.25) is 10.0 Å². The number of hydrogen-bond acceptors (Lipinski definition) is 6. The van der Waals surface area contributed by atoms with Crippen LogP contribution in [0.3, 0.4) is 0 Å². The molecule has 0 fully saturated rings. The van der Waals surface area contributed by atoms with E-state index < -0.39 is 44.7 Å². The third-order valence-corrected chi connectivity index (χ3v) is 5.49. The number of ether oxygens (including phenoxy) is 1. The third kappa shape index (κ3) is 4.32. The van der Waals surface area contributed by atoms with Crippen molar-refractivity contribution in [1.82, 2.24) is 4.72 Å². The molecule has 1 heterocycles. The minimum Gasteiger partial charge on any atom is -0.465 e. The summed E-state index contributed by atoms with van der Waals surface area (Å²) in [6.07, 6.45) is -6.22. The van der Waals surface area contributed by atoms with Gasteiger partial charge >= 0.3 is 12.1 Å². The summed E-state index contributed by atoms with van der Waals surface area (Å²) in [5.74, 6) is -1.44. The molecule has 3 N–H and O–H groups in total. The van der Waals surface area contributed by atoms with Gasteiger partial charge in [0.1, 0.15) is 4.90 Å². The van der Waals surface area contributed by atoms with E-state index in [4.69, 9.17) is 0 Å². The Balaban J connectivity index is 1.82. The number of benzene rings is 2. The zero-order chi connectivity index (χ0) is 21.4. The molecule has 1 atom stereocenters. The van der Waals surface area contributed by atoms with Gasteiger partial charge in [0.05, 0.1) is 23.9 Å². The molecule has 12 heteroatoms. The number of sulfonamides is 1. The van der Waals surface area contributed by atoms with Crippen LogP contribution in [0.4, 0.5) is 24.5 Å². The second-order valence-corrected chi connectivity index (χ2v) is 7.65. The number of carbonyl (C=O) groups excluding carboxylic acids is 2. The van der Waals surface area contributed by atoms with E-state index in [1.807, 2.05) is 0 Å². The summed E-state index contributed by atoms with van der Waals surface area (Å²) in [6.45, 7) is 0. The summed E-state index contributed by atoms with van der Waals surface area (Å²) >= 11 is 0. The summed E-state index contributed by atoms with van der Waals surface area (Å²) in [5, 5.41) is 4.85. The molecule has 154 valence electrons. The highest BCUT2D eigenvalue weighted by atomic mass is 32.2. The number of alkyl halides is 3. The topological polar surface area (TPSA) is 114 Å². The minimum absolute atomic E-state index is 0.232. The smallest absolute Gasteiger partial charge is 0.416 e. The molecule has 2 aromatic carbocycles. The number of carbonyl (C=O) groups is 2. The fourth-order valence-electron chi connectivity index (χ4n) is 2.60. The van der Waals surface area contributed by atoms with Crippen molar-refractivity contribution in [2.75, 3.05) is 17.7 Å². The standard InChI is InChI=1S/C17H14F3N3O5S/c1-28-16(25)9-2-5-11(6-3-9)21-15(24)14-22-12-8-10(17(18,19)20)4-7-13(12)29(26,27)23-14/h2-8,14,22-23H,1H3,(H,21,24). The zero-order valence-corrected chi connectivity index (χ0v) is 15.5. The van der Waals surface area contributed by atoms with E-state index in [-0.39, 0.29) is 16.9 Å². The van der Waals surface area contributed by atoms with E-state index in [0.717, 1.165) is 6.07 Å². The molecule has 0 saturated heterocycles. The molecule has 0 aromatic heterocycles. The van der Waals surface area contributed by atoms with Crippen molar-refractivity contribution in [3.05, 3.63) is 53.6 Å². The maximum atomic E-state index is 12.9. The Morgan fingerprint density at radius 1 is 1.10 bits per heavy atom. The lowest BCUT2D eigenvalue weighted by molar-refractivity contribution is -0.137. The van der Waals surface area contributed by atoms with E-state index in [1.165, 1.54) is 31.4 Å². The molecule has 0 aliphatic carbocycles. The van der Waals surface area contributed by atoms with Crippen molar-refractivity contribution >= 4 is 33.3 Å². The van der Waals surface area contributed by atoms with Gasteiger partial charge in [-0.15, -0.1) is 0 Å². The summed E-state index contributed by atoms with van der Waals surface area (Å²) in [4.78, 5) is 23.4. The average Bonchev–Trinajstić information content (AvgIpc) is 2.66. The normalized spacial score (nSPS) is 17.6. The van der Waals surface area contributed by atoms with Gasteiger partial charge in [0.25, 0.3) is 5.91 Å². The highest BCUT2D eigenvalue weighted by Crippen LogP contribution is 2.35. The zero-order valence-electron chi connectivity index (χ0n) is 14.7. The summed E-state index contributed by atoms with van der Waals surface area (Å²) in [5.41, 5.74) is -0.938. The Kier molecular flexibility index (Phi) is 5.24. The van der Waals surface area contributed by atoms with E-state index in [2.05, 4.69) is 20.1 Å². The van der Waals surface area contributed by atoms with Gasteiger partial charge in [-0.3, -0.25) is 4.79 Å². The second-order valence-electron chi connectivity index (χ2n) is 5.97. The van der Waals surface area contributed by atoms with Crippen LogP contribution in [-0.2, 0) is 25.7 Å². The molecule has 2 aromatic rings. The van der Waals surface area contributed by atoms with Crippen LogP contribution in [0.1, 0.15) is 15.9 Å². The molecule has 0 radical (unpaired) electrons. The van der Waals surface area contributed by atoms with E-state index >= 15 is 0 Å². The SMILES string of the molecule is COC(=O)c1ccc(NC(=O)C2Nc3cc(C(F)(F)F)ccc3S(=O)(=O)N2)cc1. The molecule has 0 saturated carbocycles. The largest absolute Gasteiger partial charge is 0.465 e. The van der Waals surface area contributed by atoms with E-state index in [9.17, 15) is 31.2 Å². The van der Waals surface area contributed by atoms with Crippen LogP contribution >= 0.6 is 0 Å². The Labute approximate surface area is 163 Å².